The van der Waals surface area contributed by atoms with Gasteiger partial charge in [-0.1, -0.05) is 12.1 Å². The van der Waals surface area contributed by atoms with Crippen LogP contribution in [0.3, 0.4) is 0 Å². The number of benzene rings is 1. The van der Waals surface area contributed by atoms with Crippen LogP contribution < -0.4 is 5.73 Å². The van der Waals surface area contributed by atoms with Crippen molar-refractivity contribution in [2.24, 2.45) is 5.73 Å². The van der Waals surface area contributed by atoms with Crippen LogP contribution in [-0.2, 0) is 13.1 Å². The van der Waals surface area contributed by atoms with Crippen molar-refractivity contribution in [3.8, 4) is 0 Å². The number of halogens is 1. The SMILES string of the molecule is Cc1nn(Cc2ccc(I)cc2)c(C)c1CN. The number of nitrogens with zero attached hydrogens (tertiary/aromatic N) is 2. The smallest absolute Gasteiger partial charge is 0.0662 e. The molecule has 2 N–H and O–H groups in total. The lowest BCUT2D eigenvalue weighted by atomic mass is 10.2. The molecule has 1 heterocycles. The predicted molar refractivity (Wildman–Crippen MR) is 77.9 cm³/mol. The highest BCUT2D eigenvalue weighted by Crippen LogP contribution is 2.14. The van der Waals surface area contributed by atoms with E-state index in [1.54, 1.807) is 0 Å². The fourth-order valence-corrected chi connectivity index (χ4v) is 2.31. The Kier molecular flexibility index (Phi) is 3.83. The van der Waals surface area contributed by atoms with Crippen LogP contribution in [0.4, 0.5) is 0 Å². The monoisotopic (exact) mass is 341 g/mol. The molecule has 0 amide bonds. The third-order valence-corrected chi connectivity index (χ3v) is 3.70. The van der Waals surface area contributed by atoms with Crippen LogP contribution in [0.5, 0.6) is 0 Å². The molecule has 0 atom stereocenters. The van der Waals surface area contributed by atoms with Crippen LogP contribution in [0.1, 0.15) is 22.5 Å². The van der Waals surface area contributed by atoms with Crippen LogP contribution in [0, 0.1) is 17.4 Å². The van der Waals surface area contributed by atoms with E-state index in [4.69, 9.17) is 5.73 Å². The van der Waals surface area contributed by atoms with Gasteiger partial charge in [-0.3, -0.25) is 4.68 Å². The highest BCUT2D eigenvalue weighted by atomic mass is 127. The van der Waals surface area contributed by atoms with E-state index in [1.165, 1.54) is 14.8 Å². The fourth-order valence-electron chi connectivity index (χ4n) is 1.95. The van der Waals surface area contributed by atoms with Crippen LogP contribution in [0.2, 0.25) is 0 Å². The molecule has 1 aromatic carbocycles. The fraction of sp³-hybridized carbons (Fsp3) is 0.308. The van der Waals surface area contributed by atoms with E-state index in [2.05, 4.69) is 58.9 Å². The lowest BCUT2D eigenvalue weighted by Crippen LogP contribution is -2.05. The Labute approximate surface area is 115 Å². The van der Waals surface area contributed by atoms with Crippen molar-refractivity contribution in [2.75, 3.05) is 0 Å². The molecule has 0 aliphatic heterocycles. The molecule has 0 unspecified atom stereocenters. The number of hydrogen-bond acceptors (Lipinski definition) is 2. The van der Waals surface area contributed by atoms with Crippen molar-refractivity contribution >= 4 is 22.6 Å². The second-order valence-corrected chi connectivity index (χ2v) is 5.38. The molecule has 1 aromatic heterocycles. The normalized spacial score (nSPS) is 10.8. The van der Waals surface area contributed by atoms with Gasteiger partial charge in [0.1, 0.15) is 0 Å². The number of aryl methyl sites for hydroxylation is 1. The van der Waals surface area contributed by atoms with E-state index >= 15 is 0 Å². The molecular formula is C13H16IN3. The molecular weight excluding hydrogens is 325 g/mol. The van der Waals surface area contributed by atoms with Gasteiger partial charge in [0.25, 0.3) is 0 Å². The number of rotatable bonds is 3. The van der Waals surface area contributed by atoms with Crippen molar-refractivity contribution in [3.63, 3.8) is 0 Å². The zero-order valence-electron chi connectivity index (χ0n) is 10.1. The topological polar surface area (TPSA) is 43.8 Å². The van der Waals surface area contributed by atoms with Crippen LogP contribution >= 0.6 is 22.6 Å². The van der Waals surface area contributed by atoms with Crippen molar-refractivity contribution in [3.05, 3.63) is 50.4 Å². The minimum Gasteiger partial charge on any atom is -0.326 e. The summed E-state index contributed by atoms with van der Waals surface area (Å²) < 4.78 is 3.28. The number of hydrogen-bond donors (Lipinski definition) is 1. The highest BCUT2D eigenvalue weighted by molar-refractivity contribution is 14.1. The summed E-state index contributed by atoms with van der Waals surface area (Å²) in [4.78, 5) is 0. The van der Waals surface area contributed by atoms with Crippen molar-refractivity contribution in [2.45, 2.75) is 26.9 Å². The molecule has 0 fully saturated rings. The maximum Gasteiger partial charge on any atom is 0.0662 e. The third kappa shape index (κ3) is 2.69. The second-order valence-electron chi connectivity index (χ2n) is 4.14. The van der Waals surface area contributed by atoms with Gasteiger partial charge in [-0.2, -0.15) is 5.10 Å². The molecule has 0 bridgehead atoms. The molecule has 0 aliphatic rings. The molecule has 0 spiro atoms. The molecule has 0 radical (unpaired) electrons. The zero-order valence-corrected chi connectivity index (χ0v) is 12.2. The predicted octanol–water partition coefficient (Wildman–Crippen LogP) is 2.61. The first-order chi connectivity index (χ1) is 8.11. The van der Waals surface area contributed by atoms with E-state index in [0.717, 1.165) is 17.8 Å². The van der Waals surface area contributed by atoms with Crippen LogP contribution in [0.25, 0.3) is 0 Å². The van der Waals surface area contributed by atoms with E-state index in [-0.39, 0.29) is 0 Å². The van der Waals surface area contributed by atoms with Crippen LogP contribution in [0.15, 0.2) is 24.3 Å². The molecule has 90 valence electrons. The summed E-state index contributed by atoms with van der Waals surface area (Å²) in [6.07, 6.45) is 0. The zero-order chi connectivity index (χ0) is 12.4. The molecule has 17 heavy (non-hydrogen) atoms. The molecule has 0 saturated heterocycles. The minimum absolute atomic E-state index is 0.560. The third-order valence-electron chi connectivity index (χ3n) is 2.98. The van der Waals surface area contributed by atoms with Crippen LogP contribution in [-0.4, -0.2) is 9.78 Å². The summed E-state index contributed by atoms with van der Waals surface area (Å²) >= 11 is 2.31. The minimum atomic E-state index is 0.560. The maximum atomic E-state index is 5.72. The number of nitrogens with two attached hydrogens (primary N) is 1. The Morgan fingerprint density at radius 3 is 2.41 bits per heavy atom. The maximum absolute atomic E-state index is 5.72. The molecule has 0 saturated carbocycles. The average Bonchev–Trinajstić information content (AvgIpc) is 2.57. The quantitative estimate of drug-likeness (QED) is 0.873. The van der Waals surface area contributed by atoms with Gasteiger partial charge in [0.15, 0.2) is 0 Å². The summed E-state index contributed by atoms with van der Waals surface area (Å²) in [6, 6.07) is 8.51. The first-order valence-corrected chi connectivity index (χ1v) is 6.67. The highest BCUT2D eigenvalue weighted by Gasteiger charge is 2.09. The number of aromatic nitrogens is 2. The van der Waals surface area contributed by atoms with Crippen molar-refractivity contribution < 1.29 is 0 Å². The van der Waals surface area contributed by atoms with Gasteiger partial charge >= 0.3 is 0 Å². The molecule has 3 nitrogen and oxygen atoms in total. The Balaban J connectivity index is 2.27. The standard InChI is InChI=1S/C13H16IN3/c1-9-13(7-15)10(2)17(16-9)8-11-3-5-12(14)6-4-11/h3-6H,7-8,15H2,1-2H3. The summed E-state index contributed by atoms with van der Waals surface area (Å²) in [5.41, 5.74) is 10.4. The van der Waals surface area contributed by atoms with Gasteiger partial charge in [-0.15, -0.1) is 0 Å². The first-order valence-electron chi connectivity index (χ1n) is 5.59. The van der Waals surface area contributed by atoms with Gasteiger partial charge in [0, 0.05) is 21.4 Å². The van der Waals surface area contributed by atoms with Gasteiger partial charge in [-0.25, -0.2) is 0 Å². The molecule has 2 rings (SSSR count). The summed E-state index contributed by atoms with van der Waals surface area (Å²) in [5.74, 6) is 0. The van der Waals surface area contributed by atoms with E-state index in [9.17, 15) is 0 Å². The second kappa shape index (κ2) is 5.18. The van der Waals surface area contributed by atoms with Gasteiger partial charge in [0.2, 0.25) is 0 Å². The molecule has 0 aliphatic carbocycles. The molecule has 4 heteroatoms. The van der Waals surface area contributed by atoms with E-state index in [0.29, 0.717) is 6.54 Å². The Morgan fingerprint density at radius 1 is 1.24 bits per heavy atom. The summed E-state index contributed by atoms with van der Waals surface area (Å²) in [5, 5.41) is 4.53. The van der Waals surface area contributed by atoms with E-state index in [1.807, 2.05) is 11.6 Å². The first kappa shape index (κ1) is 12.6. The van der Waals surface area contributed by atoms with Gasteiger partial charge in [-0.05, 0) is 54.1 Å². The van der Waals surface area contributed by atoms with Crippen molar-refractivity contribution in [1.82, 2.24) is 9.78 Å². The Bertz CT molecular complexity index is 514. The van der Waals surface area contributed by atoms with E-state index < -0.39 is 0 Å². The Morgan fingerprint density at radius 2 is 1.88 bits per heavy atom. The lowest BCUT2D eigenvalue weighted by Gasteiger charge is -2.05. The summed E-state index contributed by atoms with van der Waals surface area (Å²) in [7, 11) is 0. The largest absolute Gasteiger partial charge is 0.326 e. The van der Waals surface area contributed by atoms with Crippen molar-refractivity contribution in [1.29, 1.82) is 0 Å². The molecule has 2 aromatic rings. The Hall–Kier alpha value is -0.880. The van der Waals surface area contributed by atoms with Gasteiger partial charge in [0.05, 0.1) is 12.2 Å². The van der Waals surface area contributed by atoms with Gasteiger partial charge < -0.3 is 5.73 Å². The average molecular weight is 341 g/mol. The lowest BCUT2D eigenvalue weighted by molar-refractivity contribution is 0.658. The summed E-state index contributed by atoms with van der Waals surface area (Å²) in [6.45, 7) is 5.46.